The summed E-state index contributed by atoms with van der Waals surface area (Å²) in [6.45, 7) is 0.213. The summed E-state index contributed by atoms with van der Waals surface area (Å²) < 4.78 is 6.10. The third-order valence-corrected chi connectivity index (χ3v) is 3.37. The molecular weight excluding hydrogens is 330 g/mol. The molecule has 0 fully saturated rings. The molecule has 1 amide bonds. The van der Waals surface area contributed by atoms with Crippen molar-refractivity contribution in [3.63, 3.8) is 0 Å². The van der Waals surface area contributed by atoms with Gasteiger partial charge in [-0.1, -0.05) is 64.3 Å². The minimum atomic E-state index is -0.537. The summed E-state index contributed by atoms with van der Waals surface area (Å²) in [6, 6.07) is 16.4. The van der Waals surface area contributed by atoms with Crippen molar-refractivity contribution in [2.75, 3.05) is 0 Å². The molecule has 1 unspecified atom stereocenters. The van der Waals surface area contributed by atoms with Crippen LogP contribution in [0.1, 0.15) is 17.2 Å². The van der Waals surface area contributed by atoms with Crippen molar-refractivity contribution in [1.82, 2.24) is 5.32 Å². The molecule has 0 saturated carbocycles. The van der Waals surface area contributed by atoms with E-state index in [0.717, 1.165) is 15.6 Å². The molecule has 1 atom stereocenters. The van der Waals surface area contributed by atoms with Crippen LogP contribution in [0.4, 0.5) is 4.79 Å². The van der Waals surface area contributed by atoms with Gasteiger partial charge in [-0.25, -0.2) is 4.79 Å². The molecule has 2 aromatic rings. The van der Waals surface area contributed by atoms with Gasteiger partial charge in [-0.05, 0) is 23.3 Å². The molecule has 2 rings (SSSR count). The van der Waals surface area contributed by atoms with Crippen LogP contribution in [0.5, 0.6) is 0 Å². The molecule has 4 heteroatoms. The lowest BCUT2D eigenvalue weighted by atomic mass is 10.1. The fraction of sp³-hybridized carbons (Fsp3) is 0.118. The maximum atomic E-state index is 11.8. The minimum absolute atomic E-state index is 0.213. The zero-order chi connectivity index (χ0) is 15.1. The Morgan fingerprint density at radius 2 is 1.86 bits per heavy atom. The molecule has 0 spiro atoms. The SMILES string of the molecule is C#CC(NC(=O)OCc1ccccc1)c1ccc(Br)cc1. The van der Waals surface area contributed by atoms with E-state index in [1.54, 1.807) is 0 Å². The number of terminal acetylenes is 1. The summed E-state index contributed by atoms with van der Waals surface area (Å²) >= 11 is 3.35. The van der Waals surface area contributed by atoms with Crippen LogP contribution in [-0.4, -0.2) is 6.09 Å². The average molecular weight is 344 g/mol. The zero-order valence-corrected chi connectivity index (χ0v) is 12.8. The van der Waals surface area contributed by atoms with E-state index in [2.05, 4.69) is 27.2 Å². The second-order valence-corrected chi connectivity index (χ2v) is 5.27. The average Bonchev–Trinajstić information content (AvgIpc) is 2.52. The van der Waals surface area contributed by atoms with Crippen molar-refractivity contribution in [3.8, 4) is 12.3 Å². The minimum Gasteiger partial charge on any atom is -0.445 e. The summed E-state index contributed by atoms with van der Waals surface area (Å²) in [7, 11) is 0. The van der Waals surface area contributed by atoms with Crippen molar-refractivity contribution >= 4 is 22.0 Å². The third kappa shape index (κ3) is 4.66. The van der Waals surface area contributed by atoms with E-state index in [1.807, 2.05) is 54.6 Å². The predicted molar refractivity (Wildman–Crippen MR) is 85.5 cm³/mol. The van der Waals surface area contributed by atoms with Crippen molar-refractivity contribution in [2.45, 2.75) is 12.6 Å². The molecule has 0 radical (unpaired) electrons. The van der Waals surface area contributed by atoms with Crippen LogP contribution in [0.3, 0.4) is 0 Å². The molecule has 0 bridgehead atoms. The van der Waals surface area contributed by atoms with Crippen LogP contribution in [0.2, 0.25) is 0 Å². The first-order valence-electron chi connectivity index (χ1n) is 6.38. The number of hydrogen-bond acceptors (Lipinski definition) is 2. The lowest BCUT2D eigenvalue weighted by Crippen LogP contribution is -2.28. The van der Waals surface area contributed by atoms with Crippen LogP contribution < -0.4 is 5.32 Å². The van der Waals surface area contributed by atoms with Gasteiger partial charge >= 0.3 is 6.09 Å². The van der Waals surface area contributed by atoms with Gasteiger partial charge < -0.3 is 10.1 Å². The van der Waals surface area contributed by atoms with Gasteiger partial charge in [0.15, 0.2) is 0 Å². The fourth-order valence-corrected chi connectivity index (χ4v) is 2.02. The highest BCUT2D eigenvalue weighted by molar-refractivity contribution is 9.10. The largest absolute Gasteiger partial charge is 0.445 e. The number of alkyl carbamates (subject to hydrolysis) is 1. The van der Waals surface area contributed by atoms with Crippen molar-refractivity contribution in [2.24, 2.45) is 0 Å². The monoisotopic (exact) mass is 343 g/mol. The molecule has 3 nitrogen and oxygen atoms in total. The molecular formula is C17H14BrNO2. The number of carbonyl (C=O) groups is 1. The van der Waals surface area contributed by atoms with Gasteiger partial charge in [-0.3, -0.25) is 0 Å². The molecule has 21 heavy (non-hydrogen) atoms. The summed E-state index contributed by atoms with van der Waals surface area (Å²) in [5.74, 6) is 2.54. The Morgan fingerprint density at radius 3 is 2.48 bits per heavy atom. The predicted octanol–water partition coefficient (Wildman–Crippen LogP) is 4.05. The number of amides is 1. The fourth-order valence-electron chi connectivity index (χ4n) is 1.76. The normalized spacial score (nSPS) is 11.2. The number of halogens is 1. The van der Waals surface area contributed by atoms with Crippen molar-refractivity contribution < 1.29 is 9.53 Å². The molecule has 0 aliphatic carbocycles. The summed E-state index contributed by atoms with van der Waals surface area (Å²) in [5.41, 5.74) is 1.76. The van der Waals surface area contributed by atoms with E-state index in [-0.39, 0.29) is 6.61 Å². The van der Waals surface area contributed by atoms with Crippen molar-refractivity contribution in [1.29, 1.82) is 0 Å². The Labute approximate surface area is 132 Å². The van der Waals surface area contributed by atoms with E-state index in [9.17, 15) is 4.79 Å². The Hall–Kier alpha value is -2.25. The molecule has 2 aromatic carbocycles. The highest BCUT2D eigenvalue weighted by Crippen LogP contribution is 2.16. The van der Waals surface area contributed by atoms with Crippen LogP contribution in [0.15, 0.2) is 59.1 Å². The van der Waals surface area contributed by atoms with Crippen molar-refractivity contribution in [3.05, 3.63) is 70.2 Å². The van der Waals surface area contributed by atoms with Crippen LogP contribution >= 0.6 is 15.9 Å². The summed E-state index contributed by atoms with van der Waals surface area (Å²) in [5, 5.41) is 2.66. The van der Waals surface area contributed by atoms with Gasteiger partial charge in [-0.2, -0.15) is 0 Å². The number of nitrogens with one attached hydrogen (secondary N) is 1. The Bertz CT molecular complexity index is 632. The second-order valence-electron chi connectivity index (χ2n) is 4.36. The lowest BCUT2D eigenvalue weighted by Gasteiger charge is -2.13. The Balaban J connectivity index is 1.91. The van der Waals surface area contributed by atoms with Gasteiger partial charge in [0.05, 0.1) is 0 Å². The van der Waals surface area contributed by atoms with Crippen LogP contribution in [0, 0.1) is 12.3 Å². The highest BCUT2D eigenvalue weighted by Gasteiger charge is 2.12. The van der Waals surface area contributed by atoms with E-state index < -0.39 is 12.1 Å². The smallest absolute Gasteiger partial charge is 0.408 e. The molecule has 0 heterocycles. The second kappa shape index (κ2) is 7.51. The van der Waals surface area contributed by atoms with Gasteiger partial charge in [-0.15, -0.1) is 6.42 Å². The maximum absolute atomic E-state index is 11.8. The number of ether oxygens (including phenoxy) is 1. The first kappa shape index (κ1) is 15.1. The van der Waals surface area contributed by atoms with Crippen LogP contribution in [0.25, 0.3) is 0 Å². The quantitative estimate of drug-likeness (QED) is 0.850. The van der Waals surface area contributed by atoms with Gasteiger partial charge in [0, 0.05) is 4.47 Å². The van der Waals surface area contributed by atoms with E-state index in [1.165, 1.54) is 0 Å². The van der Waals surface area contributed by atoms with E-state index >= 15 is 0 Å². The number of benzene rings is 2. The third-order valence-electron chi connectivity index (χ3n) is 2.84. The van der Waals surface area contributed by atoms with E-state index in [4.69, 9.17) is 11.2 Å². The number of carbonyl (C=O) groups excluding carboxylic acids is 1. The lowest BCUT2D eigenvalue weighted by molar-refractivity contribution is 0.138. The Morgan fingerprint density at radius 1 is 1.19 bits per heavy atom. The first-order valence-corrected chi connectivity index (χ1v) is 7.17. The number of rotatable bonds is 4. The van der Waals surface area contributed by atoms with Gasteiger partial charge in [0.25, 0.3) is 0 Å². The highest BCUT2D eigenvalue weighted by atomic mass is 79.9. The standard InChI is InChI=1S/C17H14BrNO2/c1-2-16(14-8-10-15(18)11-9-14)19-17(20)21-12-13-6-4-3-5-7-13/h1,3-11,16H,12H2,(H,19,20). The molecule has 0 saturated heterocycles. The summed E-state index contributed by atoms with van der Waals surface area (Å²) in [6.07, 6.45) is 4.93. The van der Waals surface area contributed by atoms with Gasteiger partial charge in [0.2, 0.25) is 0 Å². The first-order chi connectivity index (χ1) is 10.2. The van der Waals surface area contributed by atoms with Gasteiger partial charge in [0.1, 0.15) is 12.6 Å². The number of hydrogen-bond donors (Lipinski definition) is 1. The molecule has 0 aliphatic rings. The van der Waals surface area contributed by atoms with E-state index in [0.29, 0.717) is 0 Å². The zero-order valence-electron chi connectivity index (χ0n) is 11.3. The molecule has 106 valence electrons. The molecule has 0 aromatic heterocycles. The Kier molecular flexibility index (Phi) is 5.42. The van der Waals surface area contributed by atoms with Crippen LogP contribution in [-0.2, 0) is 11.3 Å². The summed E-state index contributed by atoms with van der Waals surface area (Å²) in [4.78, 5) is 11.8. The molecule has 1 N–H and O–H groups in total. The topological polar surface area (TPSA) is 38.3 Å². The molecule has 0 aliphatic heterocycles. The maximum Gasteiger partial charge on any atom is 0.408 e.